The predicted molar refractivity (Wildman–Crippen MR) is 159 cm³/mol. The zero-order valence-corrected chi connectivity index (χ0v) is 24.2. The molecule has 0 aromatic carbocycles. The Balaban J connectivity index is 1.24. The average Bonchev–Trinajstić information content (AvgIpc) is 3.68. The number of hydrogen-bond donors (Lipinski definition) is 1. The smallest absolute Gasteiger partial charge is 0.153 e. The summed E-state index contributed by atoms with van der Waals surface area (Å²) in [6, 6.07) is 0.267. The van der Waals surface area contributed by atoms with Crippen LogP contribution in [0.2, 0.25) is 0 Å². The van der Waals surface area contributed by atoms with E-state index in [-0.39, 0.29) is 6.23 Å². The monoisotopic (exact) mass is 550 g/mol. The molecule has 7 aliphatic heterocycles. The van der Waals surface area contributed by atoms with Crippen LogP contribution in [0.15, 0.2) is 67.2 Å². The molecule has 4 nitrogen and oxygen atoms in total. The average molecular weight is 551 g/mol. The topological polar surface area (TPSA) is 27.7 Å². The molecule has 202 valence electrons. The van der Waals surface area contributed by atoms with Crippen LogP contribution >= 0.6 is 22.2 Å². The maximum atomic E-state index is 8.07. The molecule has 6 heteroatoms. The number of fused-ring (bicyclic) bond motifs is 14. The van der Waals surface area contributed by atoms with Crippen molar-refractivity contribution in [3.8, 4) is 0 Å². The zero-order valence-electron chi connectivity index (χ0n) is 25.5. The summed E-state index contributed by atoms with van der Waals surface area (Å²) < 4.78 is 37.2. The Labute approximate surface area is 238 Å². The van der Waals surface area contributed by atoms with E-state index in [0.29, 0.717) is 35.6 Å². The minimum atomic E-state index is -1.98. The summed E-state index contributed by atoms with van der Waals surface area (Å²) in [5.74, 6) is 2.07. The van der Waals surface area contributed by atoms with Crippen LogP contribution in [-0.4, -0.2) is 44.8 Å². The molecule has 8 atom stereocenters. The fraction of sp³-hybridized carbons (Fsp3) is 0.625. The van der Waals surface area contributed by atoms with Gasteiger partial charge in [0.05, 0.1) is 24.3 Å². The molecule has 3 saturated heterocycles. The second kappa shape index (κ2) is 8.11. The van der Waals surface area contributed by atoms with Crippen LogP contribution < -0.4 is 5.32 Å². The predicted octanol–water partition coefficient (Wildman–Crippen LogP) is 7.38. The number of ether oxygens (including phenoxy) is 1. The molecule has 1 N–H and O–H groups in total. The fourth-order valence-corrected chi connectivity index (χ4v) is 16.5. The number of rotatable bonds is 0. The lowest BCUT2D eigenvalue weighted by Crippen LogP contribution is -2.48. The van der Waals surface area contributed by atoms with Crippen molar-refractivity contribution in [1.82, 2.24) is 13.9 Å². The van der Waals surface area contributed by atoms with Crippen molar-refractivity contribution in [2.75, 3.05) is 6.54 Å². The summed E-state index contributed by atoms with van der Waals surface area (Å²) in [5, 5.41) is 6.38. The summed E-state index contributed by atoms with van der Waals surface area (Å²) >= 11 is 1.96. The van der Waals surface area contributed by atoms with E-state index in [0.717, 1.165) is 19.4 Å². The molecule has 7 heterocycles. The third kappa shape index (κ3) is 2.79. The minimum absolute atomic E-state index is 0.164. The van der Waals surface area contributed by atoms with Crippen LogP contribution in [0.4, 0.5) is 0 Å². The van der Waals surface area contributed by atoms with Crippen molar-refractivity contribution in [2.24, 2.45) is 11.8 Å². The number of piperidine rings is 1. The molecule has 9 aliphatic rings. The molecule has 0 aromatic heterocycles. The first-order valence-corrected chi connectivity index (χ1v) is 17.5. The van der Waals surface area contributed by atoms with E-state index in [1.54, 1.807) is 16.1 Å². The standard InChI is InChI=1S/C32H41N3OS2/c1-18-8-12-24-23-6-4-5-7-27(23)38(34(24)16-18)28-15-11-21-22-10-9-20(3)33-32(22)36-31(21)29(28)25-13-14-26-30(35(25)38)19(2)17-37-26/h8,12,14,17,20-22,25,28,30,32-33H,4-7,9-11,13,15-16H2,1-3H3/t20-,21?,22?,25-,28+,30?,32?/m1/s1/i3D3. The second-order valence-electron chi connectivity index (χ2n) is 12.9. The van der Waals surface area contributed by atoms with E-state index >= 15 is 0 Å². The molecule has 9 rings (SSSR count). The van der Waals surface area contributed by atoms with Gasteiger partial charge in [0.2, 0.25) is 0 Å². The molecule has 0 saturated carbocycles. The summed E-state index contributed by atoms with van der Waals surface area (Å²) in [6.45, 7) is 3.73. The van der Waals surface area contributed by atoms with Gasteiger partial charge in [0, 0.05) is 42.6 Å². The Morgan fingerprint density at radius 3 is 2.97 bits per heavy atom. The van der Waals surface area contributed by atoms with Crippen molar-refractivity contribution in [2.45, 2.75) is 108 Å². The highest BCUT2D eigenvalue weighted by atomic mass is 32.3. The van der Waals surface area contributed by atoms with Gasteiger partial charge in [0.1, 0.15) is 5.76 Å². The third-order valence-electron chi connectivity index (χ3n) is 10.9. The number of nitrogens with zero attached hydrogens (tertiary/aromatic N) is 2. The van der Waals surface area contributed by atoms with E-state index in [4.69, 9.17) is 8.85 Å². The zero-order chi connectivity index (χ0) is 27.8. The lowest BCUT2D eigenvalue weighted by Gasteiger charge is -2.58. The first kappa shape index (κ1) is 20.5. The van der Waals surface area contributed by atoms with Crippen molar-refractivity contribution >= 4 is 22.2 Å². The van der Waals surface area contributed by atoms with Crippen LogP contribution in [0.3, 0.4) is 0 Å². The van der Waals surface area contributed by atoms with E-state index in [9.17, 15) is 0 Å². The second-order valence-corrected chi connectivity index (χ2v) is 16.9. The van der Waals surface area contributed by atoms with Gasteiger partial charge in [-0.15, -0.1) is 11.8 Å². The van der Waals surface area contributed by atoms with E-state index in [1.807, 2.05) is 11.8 Å². The number of allylic oxidation sites excluding steroid dienone is 5. The molecule has 38 heavy (non-hydrogen) atoms. The molecule has 0 amide bonds. The van der Waals surface area contributed by atoms with E-state index < -0.39 is 23.3 Å². The SMILES string of the molecule is [2H]C([2H])([2H])[C@@H]1CCC2C(N1)OC1=C3[C@H]4CC=C5SC=C(C)C5N4S4(C5=C(CCCC5)C5=CC=C(C)CN54)[C@H]3CCC12. The van der Waals surface area contributed by atoms with E-state index in [2.05, 4.69) is 51.4 Å². The van der Waals surface area contributed by atoms with Crippen LogP contribution in [0.5, 0.6) is 0 Å². The Kier molecular flexibility index (Phi) is 4.38. The molecule has 0 bridgehead atoms. The van der Waals surface area contributed by atoms with Gasteiger partial charge in [-0.05, 0) is 101 Å². The van der Waals surface area contributed by atoms with Gasteiger partial charge < -0.3 is 9.04 Å². The highest BCUT2D eigenvalue weighted by Crippen LogP contribution is 2.83. The molecular formula is C32H41N3OS2. The van der Waals surface area contributed by atoms with Crippen molar-refractivity contribution in [3.05, 3.63) is 67.2 Å². The van der Waals surface area contributed by atoms with E-state index in [1.165, 1.54) is 66.0 Å². The largest absolute Gasteiger partial charge is 0.479 e. The molecule has 5 unspecified atom stereocenters. The Morgan fingerprint density at radius 2 is 2.05 bits per heavy atom. The highest BCUT2D eigenvalue weighted by Gasteiger charge is 2.67. The molecule has 2 aliphatic carbocycles. The Hall–Kier alpha value is -1.34. The first-order valence-electron chi connectivity index (χ1n) is 16.5. The summed E-state index contributed by atoms with van der Waals surface area (Å²) in [4.78, 5) is 3.33. The first-order chi connectivity index (χ1) is 19.8. The lowest BCUT2D eigenvalue weighted by atomic mass is 9.75. The number of nitrogens with one attached hydrogen (secondary N) is 1. The fourth-order valence-electron chi connectivity index (χ4n) is 9.49. The van der Waals surface area contributed by atoms with Crippen LogP contribution in [0, 0.1) is 11.8 Å². The Morgan fingerprint density at radius 1 is 1.13 bits per heavy atom. The van der Waals surface area contributed by atoms with Gasteiger partial charge in [0.15, 0.2) is 6.23 Å². The van der Waals surface area contributed by atoms with Crippen LogP contribution in [0.1, 0.15) is 82.6 Å². The van der Waals surface area contributed by atoms with Crippen molar-refractivity contribution < 1.29 is 8.85 Å². The maximum absolute atomic E-state index is 8.07. The molecule has 0 aromatic rings. The highest BCUT2D eigenvalue weighted by molar-refractivity contribution is 8.34. The Bertz CT molecular complexity index is 1420. The van der Waals surface area contributed by atoms with Crippen molar-refractivity contribution in [1.29, 1.82) is 0 Å². The molecule has 0 radical (unpaired) electrons. The quantitative estimate of drug-likeness (QED) is 0.340. The van der Waals surface area contributed by atoms with Crippen LogP contribution in [0.25, 0.3) is 0 Å². The van der Waals surface area contributed by atoms with Gasteiger partial charge in [-0.25, -0.2) is 4.31 Å². The number of thioether (sulfide) groups is 1. The van der Waals surface area contributed by atoms with Gasteiger partial charge >= 0.3 is 0 Å². The van der Waals surface area contributed by atoms with Gasteiger partial charge in [-0.1, -0.05) is 28.1 Å². The van der Waals surface area contributed by atoms with Gasteiger partial charge in [0.25, 0.3) is 0 Å². The summed E-state index contributed by atoms with van der Waals surface area (Å²) in [7, 11) is -1.46. The molecule has 1 spiro atoms. The van der Waals surface area contributed by atoms with Crippen molar-refractivity contribution in [3.63, 3.8) is 0 Å². The lowest BCUT2D eigenvalue weighted by molar-refractivity contribution is 0.0573. The normalized spacial score (nSPS) is 48.0. The minimum Gasteiger partial charge on any atom is -0.479 e. The number of hydrogen-bond acceptors (Lipinski definition) is 5. The summed E-state index contributed by atoms with van der Waals surface area (Å²) in [5.41, 5.74) is 7.77. The van der Waals surface area contributed by atoms with Crippen LogP contribution in [-0.2, 0) is 4.74 Å². The van der Waals surface area contributed by atoms with Gasteiger partial charge in [-0.2, -0.15) is 0 Å². The third-order valence-corrected chi connectivity index (χ3v) is 16.6. The summed E-state index contributed by atoms with van der Waals surface area (Å²) in [6.07, 6.45) is 17.4. The maximum Gasteiger partial charge on any atom is 0.153 e. The van der Waals surface area contributed by atoms with Gasteiger partial charge in [-0.3, -0.25) is 5.32 Å². The molecule has 3 fully saturated rings. The molecular weight excluding hydrogens is 507 g/mol.